The molecule has 0 bridgehead atoms. The summed E-state index contributed by atoms with van der Waals surface area (Å²) in [5.74, 6) is 0.144. The van der Waals surface area contributed by atoms with Crippen molar-refractivity contribution >= 4 is 15.9 Å². The molecule has 0 spiro atoms. The molecule has 0 radical (unpaired) electrons. The molecule has 4 rings (SSSR count). The molecule has 2 fully saturated rings. The van der Waals surface area contributed by atoms with Crippen molar-refractivity contribution in [2.45, 2.75) is 30.5 Å². The predicted octanol–water partition coefficient (Wildman–Crippen LogP) is -0.620. The van der Waals surface area contributed by atoms with E-state index in [1.54, 1.807) is 27.4 Å². The molecule has 2 saturated heterocycles. The lowest BCUT2D eigenvalue weighted by molar-refractivity contribution is -0.128. The summed E-state index contributed by atoms with van der Waals surface area (Å²) in [4.78, 5) is 17.4. The average molecular weight is 365 g/mol. The zero-order valence-corrected chi connectivity index (χ0v) is 14.6. The summed E-state index contributed by atoms with van der Waals surface area (Å²) in [6.45, 7) is 1.89. The number of imidazole rings is 1. The highest BCUT2D eigenvalue weighted by molar-refractivity contribution is 7.89. The summed E-state index contributed by atoms with van der Waals surface area (Å²) in [6.07, 6.45) is 6.23. The van der Waals surface area contributed by atoms with Gasteiger partial charge in [-0.3, -0.25) is 4.79 Å². The second-order valence-electron chi connectivity index (χ2n) is 6.46. The zero-order valence-electron chi connectivity index (χ0n) is 13.8. The van der Waals surface area contributed by atoms with E-state index in [0.717, 1.165) is 18.7 Å². The van der Waals surface area contributed by atoms with Crippen molar-refractivity contribution in [3.05, 3.63) is 24.4 Å². The van der Waals surface area contributed by atoms with E-state index < -0.39 is 10.0 Å². The number of nitrogens with zero attached hydrogens (tertiary/aromatic N) is 7. The number of sulfonamides is 1. The Kier molecular flexibility index (Phi) is 3.84. The van der Waals surface area contributed by atoms with Crippen molar-refractivity contribution in [3.8, 4) is 0 Å². The van der Waals surface area contributed by atoms with Gasteiger partial charge >= 0.3 is 0 Å². The third kappa shape index (κ3) is 2.93. The van der Waals surface area contributed by atoms with Gasteiger partial charge in [0.1, 0.15) is 5.69 Å². The molecule has 11 heteroatoms. The summed E-state index contributed by atoms with van der Waals surface area (Å²) in [6, 6.07) is -0.0472. The lowest BCUT2D eigenvalue weighted by Crippen LogP contribution is -2.50. The summed E-state index contributed by atoms with van der Waals surface area (Å²) in [5, 5.41) is 8.24. The molecule has 0 atom stereocenters. The number of aryl methyl sites for hydroxylation is 1. The topological polar surface area (TPSA) is 106 Å². The van der Waals surface area contributed by atoms with Crippen molar-refractivity contribution < 1.29 is 13.2 Å². The van der Waals surface area contributed by atoms with Crippen LogP contribution in [-0.4, -0.2) is 67.7 Å². The quantitative estimate of drug-likeness (QED) is 0.699. The van der Waals surface area contributed by atoms with Crippen LogP contribution in [0, 0.1) is 0 Å². The van der Waals surface area contributed by atoms with E-state index in [0.29, 0.717) is 26.1 Å². The standard InChI is InChI=1S/C14H19N7O3S/c1-18-9-13(15-10-18)25(23,24)20-7-12(8-20)21-6-11(16-17-21)5-19-4-2-3-14(19)22/h6,9-10,12H,2-5,7-8H2,1H3. The highest BCUT2D eigenvalue weighted by atomic mass is 32.2. The van der Waals surface area contributed by atoms with Gasteiger partial charge in [0.05, 0.1) is 25.1 Å². The molecule has 134 valence electrons. The van der Waals surface area contributed by atoms with E-state index in [2.05, 4.69) is 15.3 Å². The van der Waals surface area contributed by atoms with Gasteiger partial charge in [-0.05, 0) is 6.42 Å². The third-order valence-corrected chi connectivity index (χ3v) is 6.29. The highest BCUT2D eigenvalue weighted by Crippen LogP contribution is 2.27. The Morgan fingerprint density at radius 2 is 2.08 bits per heavy atom. The van der Waals surface area contributed by atoms with Crippen LogP contribution in [0.1, 0.15) is 24.6 Å². The van der Waals surface area contributed by atoms with E-state index in [-0.39, 0.29) is 17.0 Å². The molecular formula is C14H19N7O3S. The van der Waals surface area contributed by atoms with Crippen molar-refractivity contribution in [1.29, 1.82) is 0 Å². The molecule has 0 unspecified atom stereocenters. The molecule has 0 aromatic carbocycles. The third-order valence-electron chi connectivity index (χ3n) is 4.57. The minimum absolute atomic E-state index is 0.0472. The SMILES string of the molecule is Cn1cnc(S(=O)(=O)N2CC(n3cc(CN4CCCC4=O)nn3)C2)c1. The first kappa shape index (κ1) is 16.2. The van der Waals surface area contributed by atoms with Crippen LogP contribution in [0.25, 0.3) is 0 Å². The normalized spacial score (nSPS) is 19.6. The van der Waals surface area contributed by atoms with E-state index in [9.17, 15) is 13.2 Å². The second kappa shape index (κ2) is 5.92. The summed E-state index contributed by atoms with van der Waals surface area (Å²) in [5.41, 5.74) is 0.723. The minimum Gasteiger partial charge on any atom is -0.339 e. The first-order chi connectivity index (χ1) is 11.9. The first-order valence-electron chi connectivity index (χ1n) is 8.10. The van der Waals surface area contributed by atoms with Crippen LogP contribution in [0.15, 0.2) is 23.7 Å². The van der Waals surface area contributed by atoms with E-state index in [4.69, 9.17) is 0 Å². The second-order valence-corrected chi connectivity index (χ2v) is 8.35. The number of carbonyl (C=O) groups excluding carboxylic acids is 1. The molecule has 4 heterocycles. The fourth-order valence-corrected chi connectivity index (χ4v) is 4.55. The van der Waals surface area contributed by atoms with Crippen LogP contribution >= 0.6 is 0 Å². The molecule has 0 saturated carbocycles. The lowest BCUT2D eigenvalue weighted by Gasteiger charge is -2.37. The van der Waals surface area contributed by atoms with Gasteiger partial charge in [-0.25, -0.2) is 18.1 Å². The molecule has 10 nitrogen and oxygen atoms in total. The van der Waals surface area contributed by atoms with E-state index in [1.165, 1.54) is 16.8 Å². The Morgan fingerprint density at radius 1 is 1.28 bits per heavy atom. The number of hydrogen-bond donors (Lipinski definition) is 0. The van der Waals surface area contributed by atoms with Crippen LogP contribution < -0.4 is 0 Å². The first-order valence-corrected chi connectivity index (χ1v) is 9.54. The molecule has 2 aromatic rings. The van der Waals surface area contributed by atoms with Crippen molar-refractivity contribution in [1.82, 2.24) is 33.8 Å². The zero-order chi connectivity index (χ0) is 17.6. The van der Waals surface area contributed by atoms with Crippen molar-refractivity contribution in [3.63, 3.8) is 0 Å². The molecule has 2 aromatic heterocycles. The Morgan fingerprint density at radius 3 is 2.72 bits per heavy atom. The molecule has 1 amide bonds. The monoisotopic (exact) mass is 365 g/mol. The number of carbonyl (C=O) groups is 1. The van der Waals surface area contributed by atoms with Crippen LogP contribution in [-0.2, 0) is 28.4 Å². The largest absolute Gasteiger partial charge is 0.339 e. The van der Waals surface area contributed by atoms with Gasteiger partial charge in [-0.1, -0.05) is 5.21 Å². The van der Waals surface area contributed by atoms with Crippen LogP contribution in [0.3, 0.4) is 0 Å². The van der Waals surface area contributed by atoms with Gasteiger partial charge in [-0.15, -0.1) is 5.10 Å². The van der Waals surface area contributed by atoms with Gasteiger partial charge in [0.25, 0.3) is 10.0 Å². The fraction of sp³-hybridized carbons (Fsp3) is 0.571. The fourth-order valence-electron chi connectivity index (χ4n) is 3.07. The summed E-state index contributed by atoms with van der Waals surface area (Å²) in [7, 11) is -1.83. The van der Waals surface area contributed by atoms with Crippen LogP contribution in [0.2, 0.25) is 0 Å². The smallest absolute Gasteiger partial charge is 0.262 e. The van der Waals surface area contributed by atoms with Gasteiger partial charge < -0.3 is 9.47 Å². The highest BCUT2D eigenvalue weighted by Gasteiger charge is 2.39. The minimum atomic E-state index is -3.55. The molecular weight excluding hydrogens is 346 g/mol. The number of hydrogen-bond acceptors (Lipinski definition) is 6. The van der Waals surface area contributed by atoms with Gasteiger partial charge in [-0.2, -0.15) is 4.31 Å². The van der Waals surface area contributed by atoms with E-state index >= 15 is 0 Å². The van der Waals surface area contributed by atoms with Gasteiger partial charge in [0.15, 0.2) is 5.03 Å². The summed E-state index contributed by atoms with van der Waals surface area (Å²) >= 11 is 0. The maximum absolute atomic E-state index is 12.4. The Labute approximate surface area is 145 Å². The number of likely N-dealkylation sites (tertiary alicyclic amines) is 1. The van der Waals surface area contributed by atoms with Gasteiger partial charge in [0.2, 0.25) is 5.91 Å². The average Bonchev–Trinajstić information content (AvgIpc) is 3.22. The number of amides is 1. The van der Waals surface area contributed by atoms with E-state index in [1.807, 2.05) is 0 Å². The van der Waals surface area contributed by atoms with Crippen LogP contribution in [0.4, 0.5) is 0 Å². The van der Waals surface area contributed by atoms with Gasteiger partial charge in [0, 0.05) is 39.3 Å². The molecule has 2 aliphatic heterocycles. The maximum Gasteiger partial charge on any atom is 0.262 e. The Bertz CT molecular complexity index is 897. The molecule has 0 N–H and O–H groups in total. The summed E-state index contributed by atoms with van der Waals surface area (Å²) < 4.78 is 29.5. The van der Waals surface area contributed by atoms with Crippen LogP contribution in [0.5, 0.6) is 0 Å². The Balaban J connectivity index is 1.38. The Hall–Kier alpha value is -2.27. The molecule has 25 heavy (non-hydrogen) atoms. The maximum atomic E-state index is 12.4. The number of aromatic nitrogens is 5. The van der Waals surface area contributed by atoms with Crippen molar-refractivity contribution in [2.75, 3.05) is 19.6 Å². The lowest BCUT2D eigenvalue weighted by atomic mass is 10.2. The van der Waals surface area contributed by atoms with Crippen molar-refractivity contribution in [2.24, 2.45) is 7.05 Å². The number of rotatable bonds is 5. The molecule has 0 aliphatic carbocycles. The molecule has 2 aliphatic rings. The predicted molar refractivity (Wildman–Crippen MR) is 85.7 cm³/mol.